The number of nitrogens with one attached hydrogen (secondary N) is 2. The molecule has 2 amide bonds. The first-order chi connectivity index (χ1) is 11.9. The van der Waals surface area contributed by atoms with Crippen molar-refractivity contribution in [1.82, 2.24) is 15.5 Å². The van der Waals surface area contributed by atoms with Crippen LogP contribution in [0.3, 0.4) is 0 Å². The number of ether oxygens (including phenoxy) is 1. The van der Waals surface area contributed by atoms with Crippen LogP contribution in [0.2, 0.25) is 0 Å². The molecule has 2 rings (SSSR count). The third kappa shape index (κ3) is 6.03. The Morgan fingerprint density at radius 3 is 2.56 bits per heavy atom. The first-order valence-corrected chi connectivity index (χ1v) is 7.21. The maximum absolute atomic E-state index is 11.8. The van der Waals surface area contributed by atoms with E-state index < -0.39 is 18.4 Å². The highest BCUT2D eigenvalue weighted by Crippen LogP contribution is 2.09. The van der Waals surface area contributed by atoms with Crippen LogP contribution in [-0.4, -0.2) is 46.2 Å². The third-order valence-electron chi connectivity index (χ3n) is 2.86. The number of carboxylic acids is 1. The highest BCUT2D eigenvalue weighted by molar-refractivity contribution is 5.97. The molecule has 0 aliphatic rings. The van der Waals surface area contributed by atoms with Gasteiger partial charge in [-0.3, -0.25) is 14.4 Å². The minimum absolute atomic E-state index is 0.0247. The highest BCUT2D eigenvalue weighted by atomic mass is 16.5. The molecule has 10 heteroatoms. The zero-order valence-corrected chi connectivity index (χ0v) is 13.3. The van der Waals surface area contributed by atoms with E-state index in [1.165, 1.54) is 24.3 Å². The molecular formula is C15H16N4O6. The standard InChI is InChI=1S/C15H16N4O6/c1-9-17-13(25-19-9)8-24-7-12(20)18-11-4-2-10(3-5-11)15(23)16-6-14(21)22/h2-5H,6-8H2,1H3,(H,16,23)(H,18,20)(H,21,22). The number of benzene rings is 1. The average Bonchev–Trinajstić information content (AvgIpc) is 2.98. The van der Waals surface area contributed by atoms with Crippen LogP contribution in [-0.2, 0) is 20.9 Å². The monoisotopic (exact) mass is 348 g/mol. The summed E-state index contributed by atoms with van der Waals surface area (Å²) in [4.78, 5) is 37.8. The molecule has 0 bridgehead atoms. The van der Waals surface area contributed by atoms with Crippen LogP contribution in [0.15, 0.2) is 28.8 Å². The molecule has 0 saturated heterocycles. The van der Waals surface area contributed by atoms with Crippen molar-refractivity contribution >= 4 is 23.5 Å². The van der Waals surface area contributed by atoms with Crippen LogP contribution in [0.1, 0.15) is 22.1 Å². The van der Waals surface area contributed by atoms with Gasteiger partial charge in [0.05, 0.1) is 0 Å². The summed E-state index contributed by atoms with van der Waals surface area (Å²) in [5.74, 6) is -1.27. The molecule has 0 aliphatic heterocycles. The van der Waals surface area contributed by atoms with Gasteiger partial charge < -0.3 is 25.0 Å². The van der Waals surface area contributed by atoms with E-state index in [2.05, 4.69) is 20.8 Å². The second-order valence-electron chi connectivity index (χ2n) is 4.93. The van der Waals surface area contributed by atoms with Crippen molar-refractivity contribution in [3.05, 3.63) is 41.5 Å². The lowest BCUT2D eigenvalue weighted by Gasteiger charge is -2.07. The van der Waals surface area contributed by atoms with Crippen LogP contribution < -0.4 is 10.6 Å². The normalized spacial score (nSPS) is 10.3. The number of hydrogen-bond donors (Lipinski definition) is 3. The lowest BCUT2D eigenvalue weighted by Crippen LogP contribution is -2.29. The molecule has 3 N–H and O–H groups in total. The van der Waals surface area contributed by atoms with Gasteiger partial charge in [0.2, 0.25) is 5.91 Å². The lowest BCUT2D eigenvalue weighted by molar-refractivity contribution is -0.135. The van der Waals surface area contributed by atoms with Crippen molar-refractivity contribution in [2.45, 2.75) is 13.5 Å². The van der Waals surface area contributed by atoms with Gasteiger partial charge >= 0.3 is 5.97 Å². The van der Waals surface area contributed by atoms with Crippen LogP contribution in [0, 0.1) is 6.92 Å². The van der Waals surface area contributed by atoms with E-state index in [0.717, 1.165) is 0 Å². The number of aromatic nitrogens is 2. The number of carbonyl (C=O) groups is 3. The fourth-order valence-corrected chi connectivity index (χ4v) is 1.79. The summed E-state index contributed by atoms with van der Waals surface area (Å²) in [7, 11) is 0. The number of amides is 2. The van der Waals surface area contributed by atoms with Crippen molar-refractivity contribution in [1.29, 1.82) is 0 Å². The van der Waals surface area contributed by atoms with Crippen molar-refractivity contribution in [2.24, 2.45) is 0 Å². The summed E-state index contributed by atoms with van der Waals surface area (Å²) in [5, 5.41) is 16.9. The summed E-state index contributed by atoms with van der Waals surface area (Å²) >= 11 is 0. The van der Waals surface area contributed by atoms with E-state index in [1.807, 2.05) is 0 Å². The molecule has 1 heterocycles. The Hall–Kier alpha value is -3.27. The number of hydrogen-bond acceptors (Lipinski definition) is 7. The van der Waals surface area contributed by atoms with Gasteiger partial charge in [0, 0.05) is 11.3 Å². The fraction of sp³-hybridized carbons (Fsp3) is 0.267. The average molecular weight is 348 g/mol. The Bertz CT molecular complexity index is 756. The quantitative estimate of drug-likeness (QED) is 0.620. The van der Waals surface area contributed by atoms with Gasteiger partial charge in [-0.25, -0.2) is 0 Å². The maximum atomic E-state index is 11.8. The molecule has 2 aromatic rings. The number of aliphatic carboxylic acids is 1. The van der Waals surface area contributed by atoms with E-state index in [1.54, 1.807) is 6.92 Å². The van der Waals surface area contributed by atoms with Crippen LogP contribution in [0.25, 0.3) is 0 Å². The minimum atomic E-state index is -1.13. The molecule has 10 nitrogen and oxygen atoms in total. The highest BCUT2D eigenvalue weighted by Gasteiger charge is 2.09. The predicted molar refractivity (Wildman–Crippen MR) is 83.7 cm³/mol. The molecular weight excluding hydrogens is 332 g/mol. The molecule has 0 saturated carbocycles. The molecule has 25 heavy (non-hydrogen) atoms. The number of carboxylic acid groups (broad SMARTS) is 1. The smallest absolute Gasteiger partial charge is 0.322 e. The fourth-order valence-electron chi connectivity index (χ4n) is 1.79. The van der Waals surface area contributed by atoms with Crippen molar-refractivity contribution in [2.75, 3.05) is 18.5 Å². The molecule has 0 radical (unpaired) electrons. The molecule has 132 valence electrons. The third-order valence-corrected chi connectivity index (χ3v) is 2.86. The number of rotatable bonds is 8. The Labute approximate surface area is 142 Å². The van der Waals surface area contributed by atoms with E-state index in [4.69, 9.17) is 14.4 Å². The van der Waals surface area contributed by atoms with E-state index in [-0.39, 0.29) is 30.6 Å². The minimum Gasteiger partial charge on any atom is -0.480 e. The van der Waals surface area contributed by atoms with Crippen LogP contribution >= 0.6 is 0 Å². The molecule has 0 unspecified atom stereocenters. The molecule has 0 spiro atoms. The molecule has 1 aromatic carbocycles. The Morgan fingerprint density at radius 2 is 1.96 bits per heavy atom. The summed E-state index contributed by atoms with van der Waals surface area (Å²) in [6.45, 7) is 1.03. The molecule has 0 atom stereocenters. The first kappa shape index (κ1) is 18.1. The number of carbonyl (C=O) groups excluding carboxylic acids is 2. The van der Waals surface area contributed by atoms with Crippen LogP contribution in [0.4, 0.5) is 5.69 Å². The van der Waals surface area contributed by atoms with Gasteiger partial charge in [-0.1, -0.05) is 5.16 Å². The lowest BCUT2D eigenvalue weighted by atomic mass is 10.2. The molecule has 0 fully saturated rings. The number of anilines is 1. The Balaban J connectivity index is 1.76. The maximum Gasteiger partial charge on any atom is 0.322 e. The molecule has 1 aromatic heterocycles. The topological polar surface area (TPSA) is 144 Å². The summed E-state index contributed by atoms with van der Waals surface area (Å²) in [5.41, 5.74) is 0.749. The van der Waals surface area contributed by atoms with Gasteiger partial charge in [0.1, 0.15) is 19.8 Å². The summed E-state index contributed by atoms with van der Waals surface area (Å²) < 4.78 is 10.00. The van der Waals surface area contributed by atoms with E-state index in [0.29, 0.717) is 11.5 Å². The van der Waals surface area contributed by atoms with Crippen LogP contribution in [0.5, 0.6) is 0 Å². The number of nitrogens with zero attached hydrogens (tertiary/aromatic N) is 2. The van der Waals surface area contributed by atoms with E-state index >= 15 is 0 Å². The zero-order chi connectivity index (χ0) is 18.2. The Kier molecular flexibility index (Phi) is 6.18. The van der Waals surface area contributed by atoms with Gasteiger partial charge in [-0.2, -0.15) is 4.98 Å². The summed E-state index contributed by atoms with van der Waals surface area (Å²) in [6, 6.07) is 5.98. The molecule has 0 aliphatic carbocycles. The number of aryl methyl sites for hydroxylation is 1. The second kappa shape index (κ2) is 8.55. The first-order valence-electron chi connectivity index (χ1n) is 7.21. The predicted octanol–water partition coefficient (Wildman–Crippen LogP) is 0.348. The SMILES string of the molecule is Cc1noc(COCC(=O)Nc2ccc(C(=O)NCC(=O)O)cc2)n1. The van der Waals surface area contributed by atoms with Gasteiger partial charge in [0.15, 0.2) is 5.82 Å². The van der Waals surface area contributed by atoms with Crippen molar-refractivity contribution in [3.63, 3.8) is 0 Å². The van der Waals surface area contributed by atoms with Gasteiger partial charge in [-0.05, 0) is 31.2 Å². The zero-order valence-electron chi connectivity index (χ0n) is 13.3. The van der Waals surface area contributed by atoms with E-state index in [9.17, 15) is 14.4 Å². The van der Waals surface area contributed by atoms with Crippen molar-refractivity contribution in [3.8, 4) is 0 Å². The van der Waals surface area contributed by atoms with Gasteiger partial charge in [0.25, 0.3) is 11.8 Å². The van der Waals surface area contributed by atoms with Crippen molar-refractivity contribution < 1.29 is 28.8 Å². The van der Waals surface area contributed by atoms with Gasteiger partial charge in [-0.15, -0.1) is 0 Å². The largest absolute Gasteiger partial charge is 0.480 e. The second-order valence-corrected chi connectivity index (χ2v) is 4.93. The Morgan fingerprint density at radius 1 is 1.24 bits per heavy atom. The summed E-state index contributed by atoms with van der Waals surface area (Å²) in [6.07, 6.45) is 0.